The molecule has 3 heterocycles. The van der Waals surface area contributed by atoms with Crippen molar-refractivity contribution in [1.29, 1.82) is 0 Å². The van der Waals surface area contributed by atoms with Gasteiger partial charge in [-0.15, -0.1) is 0 Å². The van der Waals surface area contributed by atoms with E-state index in [-0.39, 0.29) is 12.1 Å². The molecule has 0 unspecified atom stereocenters. The lowest BCUT2D eigenvalue weighted by Crippen LogP contribution is -2.38. The SMILES string of the molecule is CCc1nn(-c2ccccc2)c2c1CN(C(=O)Nc1cccc(F)c1)[C@@H](c1ccccc1)c1cccn1-2. The zero-order valence-electron chi connectivity index (χ0n) is 20.4. The van der Waals surface area contributed by atoms with Crippen molar-refractivity contribution in [3.63, 3.8) is 0 Å². The number of para-hydroxylation sites is 1. The Morgan fingerprint density at radius 3 is 2.46 bits per heavy atom. The normalized spacial score (nSPS) is 14.5. The third kappa shape index (κ3) is 4.08. The molecule has 0 saturated heterocycles. The number of fused-ring (bicyclic) bond motifs is 3. The van der Waals surface area contributed by atoms with Gasteiger partial charge in [-0.2, -0.15) is 5.10 Å². The fraction of sp³-hybridized carbons (Fsp3) is 0.133. The molecule has 37 heavy (non-hydrogen) atoms. The molecule has 1 N–H and O–H groups in total. The van der Waals surface area contributed by atoms with E-state index < -0.39 is 5.82 Å². The largest absolute Gasteiger partial charge is 0.322 e. The Kier molecular flexibility index (Phi) is 5.81. The van der Waals surface area contributed by atoms with Crippen LogP contribution < -0.4 is 5.32 Å². The number of nitrogens with one attached hydrogen (secondary N) is 1. The Morgan fingerprint density at radius 1 is 0.973 bits per heavy atom. The number of rotatable bonds is 4. The van der Waals surface area contributed by atoms with Crippen LogP contribution in [0.4, 0.5) is 14.9 Å². The molecular formula is C30H26FN5O. The summed E-state index contributed by atoms with van der Waals surface area (Å²) in [4.78, 5) is 15.7. The van der Waals surface area contributed by atoms with E-state index in [9.17, 15) is 9.18 Å². The standard InChI is InChI=1S/C30H26FN5O/c1-2-26-25-20-35(30(37)32-23-14-9-13-22(31)19-23)28(21-11-5-3-6-12-21)27-17-10-18-34(27)29(25)36(33-26)24-15-7-4-8-16-24/h3-19,28H,2,20H2,1H3,(H,32,37)/t28-/m0/s1. The molecule has 6 nitrogen and oxygen atoms in total. The van der Waals surface area contributed by atoms with Crippen molar-refractivity contribution in [2.24, 2.45) is 0 Å². The number of hydrogen-bond acceptors (Lipinski definition) is 2. The topological polar surface area (TPSA) is 55.1 Å². The highest BCUT2D eigenvalue weighted by Gasteiger charge is 2.36. The molecule has 6 rings (SSSR count). The van der Waals surface area contributed by atoms with Crippen molar-refractivity contribution in [3.8, 4) is 11.5 Å². The summed E-state index contributed by atoms with van der Waals surface area (Å²) in [7, 11) is 0. The number of hydrogen-bond donors (Lipinski definition) is 1. The molecule has 0 radical (unpaired) electrons. The van der Waals surface area contributed by atoms with Gasteiger partial charge < -0.3 is 14.8 Å². The minimum Gasteiger partial charge on any atom is -0.308 e. The monoisotopic (exact) mass is 491 g/mol. The Hall–Kier alpha value is -4.65. The van der Waals surface area contributed by atoms with Crippen molar-refractivity contribution >= 4 is 11.7 Å². The molecule has 0 aliphatic carbocycles. The van der Waals surface area contributed by atoms with Crippen molar-refractivity contribution in [1.82, 2.24) is 19.2 Å². The summed E-state index contributed by atoms with van der Waals surface area (Å²) in [6.45, 7) is 2.42. The lowest BCUT2D eigenvalue weighted by atomic mass is 10.0. The second-order valence-electron chi connectivity index (χ2n) is 9.03. The predicted molar refractivity (Wildman–Crippen MR) is 142 cm³/mol. The number of anilines is 1. The number of nitrogens with zero attached hydrogens (tertiary/aromatic N) is 4. The second kappa shape index (κ2) is 9.43. The van der Waals surface area contributed by atoms with Crippen LogP contribution in [0.1, 0.15) is 35.5 Å². The molecule has 0 saturated carbocycles. The summed E-state index contributed by atoms with van der Waals surface area (Å²) in [6, 6.07) is 29.3. The van der Waals surface area contributed by atoms with E-state index in [0.29, 0.717) is 18.7 Å². The zero-order chi connectivity index (χ0) is 25.4. The van der Waals surface area contributed by atoms with Gasteiger partial charge in [-0.1, -0.05) is 61.5 Å². The molecule has 1 atom stereocenters. The Bertz CT molecular complexity index is 1560. The van der Waals surface area contributed by atoms with Gasteiger partial charge in [0.25, 0.3) is 0 Å². The fourth-order valence-corrected chi connectivity index (χ4v) is 5.10. The second-order valence-corrected chi connectivity index (χ2v) is 9.03. The third-order valence-corrected chi connectivity index (χ3v) is 6.76. The number of halogens is 1. The van der Waals surface area contributed by atoms with Gasteiger partial charge in [-0.05, 0) is 54.4 Å². The van der Waals surface area contributed by atoms with Crippen molar-refractivity contribution < 1.29 is 9.18 Å². The van der Waals surface area contributed by atoms with Crippen LogP contribution in [-0.4, -0.2) is 25.3 Å². The van der Waals surface area contributed by atoms with Crippen molar-refractivity contribution in [3.05, 3.63) is 132 Å². The summed E-state index contributed by atoms with van der Waals surface area (Å²) < 4.78 is 18.0. The molecule has 184 valence electrons. The van der Waals surface area contributed by atoms with Gasteiger partial charge >= 0.3 is 6.03 Å². The highest BCUT2D eigenvalue weighted by atomic mass is 19.1. The first kappa shape index (κ1) is 22.8. The third-order valence-electron chi connectivity index (χ3n) is 6.76. The molecule has 2 amide bonds. The van der Waals surface area contributed by atoms with E-state index in [1.54, 1.807) is 12.1 Å². The lowest BCUT2D eigenvalue weighted by Gasteiger charge is -2.31. The van der Waals surface area contributed by atoms with Crippen LogP contribution >= 0.6 is 0 Å². The molecule has 0 bridgehead atoms. The Balaban J connectivity index is 1.55. The van der Waals surface area contributed by atoms with Crippen LogP contribution in [0.25, 0.3) is 11.5 Å². The number of carbonyl (C=O) groups excluding carboxylic acids is 1. The van der Waals surface area contributed by atoms with E-state index in [1.165, 1.54) is 12.1 Å². The van der Waals surface area contributed by atoms with Crippen LogP contribution in [0.3, 0.4) is 0 Å². The molecule has 0 spiro atoms. The maximum Gasteiger partial charge on any atom is 0.322 e. The first-order chi connectivity index (χ1) is 18.1. The number of urea groups is 1. The average molecular weight is 492 g/mol. The van der Waals surface area contributed by atoms with Crippen LogP contribution in [0.2, 0.25) is 0 Å². The predicted octanol–water partition coefficient (Wildman–Crippen LogP) is 6.50. The summed E-state index contributed by atoms with van der Waals surface area (Å²) in [5, 5.41) is 7.90. The number of aromatic nitrogens is 3. The van der Waals surface area contributed by atoms with Crippen LogP contribution in [0.15, 0.2) is 103 Å². The number of amides is 2. The van der Waals surface area contributed by atoms with E-state index in [4.69, 9.17) is 5.10 Å². The van der Waals surface area contributed by atoms with Gasteiger partial charge in [0.1, 0.15) is 11.6 Å². The summed E-state index contributed by atoms with van der Waals surface area (Å²) >= 11 is 0. The van der Waals surface area contributed by atoms with Crippen molar-refractivity contribution in [2.45, 2.75) is 25.9 Å². The molecule has 1 aliphatic rings. The molecular weight excluding hydrogens is 465 g/mol. The summed E-state index contributed by atoms with van der Waals surface area (Å²) in [5.41, 5.74) is 5.20. The average Bonchev–Trinajstić information content (AvgIpc) is 3.51. The van der Waals surface area contributed by atoms with Crippen molar-refractivity contribution in [2.75, 3.05) is 5.32 Å². The van der Waals surface area contributed by atoms with E-state index in [1.807, 2.05) is 88.6 Å². The smallest absolute Gasteiger partial charge is 0.308 e. The number of aryl methyl sites for hydroxylation is 1. The first-order valence-electron chi connectivity index (χ1n) is 12.4. The van der Waals surface area contributed by atoms with Gasteiger partial charge in [-0.25, -0.2) is 13.9 Å². The molecule has 5 aromatic rings. The summed E-state index contributed by atoms with van der Waals surface area (Å²) in [5.74, 6) is 0.520. The lowest BCUT2D eigenvalue weighted by molar-refractivity contribution is 0.194. The van der Waals surface area contributed by atoms with E-state index >= 15 is 0 Å². The van der Waals surface area contributed by atoms with Crippen LogP contribution in [0.5, 0.6) is 0 Å². The number of carbonyl (C=O) groups is 1. The van der Waals surface area contributed by atoms with E-state index in [0.717, 1.165) is 34.0 Å². The maximum atomic E-state index is 13.9. The zero-order valence-corrected chi connectivity index (χ0v) is 20.4. The highest BCUT2D eigenvalue weighted by Crippen LogP contribution is 2.38. The fourth-order valence-electron chi connectivity index (χ4n) is 5.10. The van der Waals surface area contributed by atoms with Gasteiger partial charge in [0.05, 0.1) is 29.7 Å². The minimum atomic E-state index is -0.401. The molecule has 0 fully saturated rings. The van der Waals surface area contributed by atoms with Crippen LogP contribution in [0, 0.1) is 5.82 Å². The molecule has 3 aromatic carbocycles. The molecule has 1 aliphatic heterocycles. The molecule has 7 heteroatoms. The first-order valence-corrected chi connectivity index (χ1v) is 12.4. The maximum absolute atomic E-state index is 13.9. The van der Waals surface area contributed by atoms with Gasteiger partial charge in [-0.3, -0.25) is 0 Å². The molecule has 2 aromatic heterocycles. The quantitative estimate of drug-likeness (QED) is 0.312. The van der Waals surface area contributed by atoms with Crippen LogP contribution in [-0.2, 0) is 13.0 Å². The highest BCUT2D eigenvalue weighted by molar-refractivity contribution is 5.90. The Labute approximate surface area is 214 Å². The minimum absolute atomic E-state index is 0.311. The van der Waals surface area contributed by atoms with Gasteiger partial charge in [0.15, 0.2) is 0 Å². The van der Waals surface area contributed by atoms with Gasteiger partial charge in [0, 0.05) is 17.4 Å². The number of benzene rings is 3. The Morgan fingerprint density at radius 2 is 1.73 bits per heavy atom. The summed E-state index contributed by atoms with van der Waals surface area (Å²) in [6.07, 6.45) is 2.74. The van der Waals surface area contributed by atoms with E-state index in [2.05, 4.69) is 16.8 Å². The van der Waals surface area contributed by atoms with Gasteiger partial charge in [0.2, 0.25) is 0 Å².